The summed E-state index contributed by atoms with van der Waals surface area (Å²) in [5.74, 6) is 0.997. The van der Waals surface area contributed by atoms with Gasteiger partial charge in [0, 0.05) is 12.1 Å². The second-order valence-corrected chi connectivity index (χ2v) is 7.37. The van der Waals surface area contributed by atoms with Crippen molar-refractivity contribution in [3.8, 4) is 17.2 Å². The molecule has 0 atom stereocenters. The summed E-state index contributed by atoms with van der Waals surface area (Å²) in [5.41, 5.74) is 0.312. The maximum atomic E-state index is 12.4. The summed E-state index contributed by atoms with van der Waals surface area (Å²) < 4.78 is 45.8. The van der Waals surface area contributed by atoms with Gasteiger partial charge in [-0.3, -0.25) is 4.79 Å². The number of furan rings is 1. The molecule has 0 N–H and O–H groups in total. The minimum atomic E-state index is -4.05. The first kappa shape index (κ1) is 17.9. The SMILES string of the molecule is COc1ccc(S(=O)(=O)Oc2ccc3c(c2)O/C(=C/c2ccco2)C3=O)cc1. The van der Waals surface area contributed by atoms with Crippen LogP contribution in [0.1, 0.15) is 16.1 Å². The van der Waals surface area contributed by atoms with Crippen LogP contribution in [0.25, 0.3) is 6.08 Å². The molecule has 0 unspecified atom stereocenters. The molecule has 142 valence electrons. The zero-order chi connectivity index (χ0) is 19.7. The van der Waals surface area contributed by atoms with Crippen molar-refractivity contribution < 1.29 is 31.3 Å². The minimum Gasteiger partial charge on any atom is -0.497 e. The Morgan fingerprint density at radius 2 is 1.75 bits per heavy atom. The normalized spacial score (nSPS) is 14.6. The van der Waals surface area contributed by atoms with Crippen LogP contribution in [0.2, 0.25) is 0 Å². The fraction of sp³-hybridized carbons (Fsp3) is 0.0500. The van der Waals surface area contributed by atoms with Crippen molar-refractivity contribution in [1.82, 2.24) is 0 Å². The van der Waals surface area contributed by atoms with Gasteiger partial charge in [-0.05, 0) is 48.5 Å². The molecule has 7 nitrogen and oxygen atoms in total. The standard InChI is InChI=1S/C20H14O7S/c1-24-13-4-7-16(8-5-13)28(22,23)27-15-6-9-17-18(12-15)26-19(20(17)21)11-14-3-2-10-25-14/h2-12H,1H3/b19-11+. The summed E-state index contributed by atoms with van der Waals surface area (Å²) >= 11 is 0. The van der Waals surface area contributed by atoms with Crippen LogP contribution in [0.3, 0.4) is 0 Å². The van der Waals surface area contributed by atoms with Crippen molar-refractivity contribution in [1.29, 1.82) is 0 Å². The maximum Gasteiger partial charge on any atom is 0.339 e. The molecule has 2 aromatic carbocycles. The van der Waals surface area contributed by atoms with Crippen molar-refractivity contribution in [2.24, 2.45) is 0 Å². The molecule has 0 amide bonds. The molecule has 1 aliphatic heterocycles. The first-order chi connectivity index (χ1) is 13.5. The fourth-order valence-corrected chi connectivity index (χ4v) is 3.56. The summed E-state index contributed by atoms with van der Waals surface area (Å²) in [6.45, 7) is 0. The third kappa shape index (κ3) is 3.37. The van der Waals surface area contributed by atoms with E-state index in [2.05, 4.69) is 0 Å². The number of allylic oxidation sites excluding steroid dienone is 1. The van der Waals surface area contributed by atoms with Crippen molar-refractivity contribution in [3.63, 3.8) is 0 Å². The van der Waals surface area contributed by atoms with Gasteiger partial charge in [0.15, 0.2) is 5.76 Å². The highest BCUT2D eigenvalue weighted by Gasteiger charge is 2.29. The van der Waals surface area contributed by atoms with Gasteiger partial charge >= 0.3 is 10.1 Å². The molecule has 0 saturated heterocycles. The van der Waals surface area contributed by atoms with Crippen LogP contribution < -0.4 is 13.7 Å². The highest BCUT2D eigenvalue weighted by Crippen LogP contribution is 2.35. The van der Waals surface area contributed by atoms with Crippen molar-refractivity contribution >= 4 is 22.0 Å². The summed E-state index contributed by atoms with van der Waals surface area (Å²) in [4.78, 5) is 12.4. The molecule has 0 bridgehead atoms. The van der Waals surface area contributed by atoms with Crippen LogP contribution in [0.15, 0.2) is 75.9 Å². The second-order valence-electron chi connectivity index (χ2n) is 5.83. The van der Waals surface area contributed by atoms with Crippen LogP contribution in [-0.2, 0) is 10.1 Å². The minimum absolute atomic E-state index is 0.0239. The quantitative estimate of drug-likeness (QED) is 0.478. The molecule has 4 rings (SSSR count). The highest BCUT2D eigenvalue weighted by atomic mass is 32.2. The number of carbonyl (C=O) groups excluding carboxylic acids is 1. The molecule has 2 heterocycles. The lowest BCUT2D eigenvalue weighted by Gasteiger charge is -2.08. The number of benzene rings is 2. The van der Waals surface area contributed by atoms with Crippen LogP contribution in [-0.4, -0.2) is 21.3 Å². The largest absolute Gasteiger partial charge is 0.497 e. The maximum absolute atomic E-state index is 12.4. The number of hydrogen-bond donors (Lipinski definition) is 0. The molecule has 1 aliphatic rings. The number of Topliss-reactive ketones (excluding diaryl/α,β-unsaturated/α-hetero) is 1. The van der Waals surface area contributed by atoms with Gasteiger partial charge in [-0.1, -0.05) is 0 Å². The topological polar surface area (TPSA) is 92.0 Å². The monoisotopic (exact) mass is 398 g/mol. The molecular weight excluding hydrogens is 384 g/mol. The summed E-state index contributed by atoms with van der Waals surface area (Å²) in [5, 5.41) is 0. The lowest BCUT2D eigenvalue weighted by molar-refractivity contribution is 0.101. The van der Waals surface area contributed by atoms with Crippen LogP contribution in [0.5, 0.6) is 17.2 Å². The van der Waals surface area contributed by atoms with E-state index >= 15 is 0 Å². The van der Waals surface area contributed by atoms with Crippen molar-refractivity contribution in [2.45, 2.75) is 4.90 Å². The Balaban J connectivity index is 1.58. The number of hydrogen-bond acceptors (Lipinski definition) is 7. The molecule has 0 radical (unpaired) electrons. The van der Waals surface area contributed by atoms with Crippen molar-refractivity contribution in [2.75, 3.05) is 7.11 Å². The molecular formula is C20H14O7S. The third-order valence-corrected chi connectivity index (χ3v) is 5.27. The zero-order valence-electron chi connectivity index (χ0n) is 14.6. The zero-order valence-corrected chi connectivity index (χ0v) is 15.4. The Morgan fingerprint density at radius 1 is 1.00 bits per heavy atom. The number of methoxy groups -OCH3 is 1. The summed E-state index contributed by atoms with van der Waals surface area (Å²) in [6.07, 6.45) is 2.95. The number of carbonyl (C=O) groups is 1. The van der Waals surface area contributed by atoms with E-state index in [9.17, 15) is 13.2 Å². The van der Waals surface area contributed by atoms with Crippen LogP contribution >= 0.6 is 0 Å². The lowest BCUT2D eigenvalue weighted by atomic mass is 10.1. The molecule has 0 saturated carbocycles. The van der Waals surface area contributed by atoms with E-state index in [1.54, 1.807) is 12.1 Å². The average Bonchev–Trinajstić information content (AvgIpc) is 3.30. The van der Waals surface area contributed by atoms with E-state index in [-0.39, 0.29) is 27.9 Å². The van der Waals surface area contributed by atoms with Gasteiger partial charge in [-0.15, -0.1) is 0 Å². The summed E-state index contributed by atoms with van der Waals surface area (Å²) in [6, 6.07) is 13.4. The lowest BCUT2D eigenvalue weighted by Crippen LogP contribution is -2.09. The number of ketones is 1. The van der Waals surface area contributed by atoms with Gasteiger partial charge in [-0.25, -0.2) is 0 Å². The van der Waals surface area contributed by atoms with Gasteiger partial charge in [0.25, 0.3) is 0 Å². The molecule has 28 heavy (non-hydrogen) atoms. The van der Waals surface area contributed by atoms with E-state index < -0.39 is 10.1 Å². The molecule has 1 aromatic heterocycles. The van der Waals surface area contributed by atoms with Crippen LogP contribution in [0, 0.1) is 0 Å². The number of fused-ring (bicyclic) bond motifs is 1. The van der Waals surface area contributed by atoms with Gasteiger partial charge in [0.1, 0.15) is 27.9 Å². The summed E-state index contributed by atoms with van der Waals surface area (Å²) in [7, 11) is -2.56. The predicted molar refractivity (Wildman–Crippen MR) is 98.9 cm³/mol. The molecule has 0 aliphatic carbocycles. The van der Waals surface area contributed by atoms with E-state index in [0.717, 1.165) is 0 Å². The Labute approximate surface area is 160 Å². The van der Waals surface area contributed by atoms with Gasteiger partial charge in [0.2, 0.25) is 5.78 Å². The smallest absolute Gasteiger partial charge is 0.339 e. The third-order valence-electron chi connectivity index (χ3n) is 4.01. The predicted octanol–water partition coefficient (Wildman–Crippen LogP) is 3.67. The Morgan fingerprint density at radius 3 is 2.43 bits per heavy atom. The fourth-order valence-electron chi connectivity index (χ4n) is 2.64. The highest BCUT2D eigenvalue weighted by molar-refractivity contribution is 7.87. The molecule has 3 aromatic rings. The molecule has 8 heteroatoms. The Kier molecular flexibility index (Phi) is 4.40. The van der Waals surface area contributed by atoms with E-state index in [1.807, 2.05) is 0 Å². The van der Waals surface area contributed by atoms with Gasteiger partial charge in [0.05, 0.1) is 18.9 Å². The van der Waals surface area contributed by atoms with Gasteiger partial charge in [-0.2, -0.15) is 8.42 Å². The molecule has 0 spiro atoms. The average molecular weight is 398 g/mol. The number of ether oxygens (including phenoxy) is 2. The first-order valence-electron chi connectivity index (χ1n) is 8.16. The number of rotatable bonds is 5. The van der Waals surface area contributed by atoms with Crippen LogP contribution in [0.4, 0.5) is 0 Å². The van der Waals surface area contributed by atoms with E-state index in [4.69, 9.17) is 18.1 Å². The van der Waals surface area contributed by atoms with Gasteiger partial charge < -0.3 is 18.1 Å². The van der Waals surface area contributed by atoms with Crippen molar-refractivity contribution in [3.05, 3.63) is 77.9 Å². The Hall–Kier alpha value is -3.52. The second kappa shape index (κ2) is 6.90. The van der Waals surface area contributed by atoms with E-state index in [1.165, 1.54) is 61.9 Å². The molecule has 0 fully saturated rings. The van der Waals surface area contributed by atoms with E-state index in [0.29, 0.717) is 17.1 Å². The first-order valence-corrected chi connectivity index (χ1v) is 9.57. The Bertz CT molecular complexity index is 1160.